The first-order valence-electron chi connectivity index (χ1n) is 21.8. The van der Waals surface area contributed by atoms with E-state index in [4.69, 9.17) is 56.1 Å². The lowest BCUT2D eigenvalue weighted by Gasteiger charge is -2.16. The minimum atomic E-state index is -3.95. The van der Waals surface area contributed by atoms with Crippen molar-refractivity contribution in [2.24, 2.45) is 20.5 Å². The average molecular weight is 1200 g/mol. The summed E-state index contributed by atoms with van der Waals surface area (Å²) in [5.41, 5.74) is 3.83. The number of azo groups is 2. The zero-order valence-electron chi connectivity index (χ0n) is 39.8. The van der Waals surface area contributed by atoms with Crippen molar-refractivity contribution in [1.29, 1.82) is 0 Å². The molecule has 2 aromatic heterocycles. The number of carbonyl (C=O) groups is 2. The van der Waals surface area contributed by atoms with Gasteiger partial charge in [0.2, 0.25) is 10.2 Å². The molecule has 0 spiro atoms. The number of thiazole rings is 2. The predicted octanol–water partition coefficient (Wildman–Crippen LogP) is 12.1. The molecule has 19 nitrogen and oxygen atoms in total. The number of hydrogen-bond acceptors (Lipinski definition) is 18. The molecule has 0 saturated carbocycles. The molecule has 2 aliphatic rings. The number of ether oxygens (including phenoxy) is 1. The molecule has 3 N–H and O–H groups in total. The van der Waals surface area contributed by atoms with Crippen LogP contribution < -0.4 is 34.3 Å². The summed E-state index contributed by atoms with van der Waals surface area (Å²) >= 11 is 27.3. The molecule has 3 heterocycles. The maximum Gasteiger partial charge on any atom is 0.344 e. The molecule has 5 aromatic carbocycles. The second-order valence-electron chi connectivity index (χ2n) is 16.1. The molecule has 1 amide bonds. The Bertz CT molecular complexity index is 3920. The van der Waals surface area contributed by atoms with Crippen LogP contribution >= 0.6 is 80.4 Å². The number of nitrogens with one attached hydrogen (secondary N) is 3. The number of sulfonamides is 2. The van der Waals surface area contributed by atoms with Crippen molar-refractivity contribution in [2.45, 2.75) is 19.5 Å². The number of nitrogens with zero attached hydrogens (tertiary/aromatic N) is 9. The number of fused-ring (bicyclic) bond motifs is 3. The SMILES string of the molecule is CN(C)c1ccc2nc3ccc(=[N+](C)C)cc-3sc2c1.O=C(Nc1cccc2c(OC(=O)C(Cl)Cl)c(N=Nc3ccc(S(=O)(=O)Nc4nccs4)cc3)cc(N=Nc3ccc(S(=O)(=O)Nc4nccs4)cc3)c12)C(Cl)Cl. The van der Waals surface area contributed by atoms with Gasteiger partial charge in [0.25, 0.3) is 26.0 Å². The summed E-state index contributed by atoms with van der Waals surface area (Å²) in [7, 11) is 0.334. The third-order valence-corrected chi connectivity index (χ3v) is 16.6. The van der Waals surface area contributed by atoms with Crippen LogP contribution in [0.3, 0.4) is 0 Å². The largest absolute Gasteiger partial charge is 0.421 e. The van der Waals surface area contributed by atoms with Crippen LogP contribution in [0, 0.1) is 0 Å². The number of alkyl halides is 4. The molecule has 0 atom stereocenters. The molecule has 0 fully saturated rings. The number of benzene rings is 6. The molecular weight excluding hydrogens is 1160 g/mol. The summed E-state index contributed by atoms with van der Waals surface area (Å²) in [6.45, 7) is 0. The van der Waals surface area contributed by atoms with Crippen LogP contribution in [0.1, 0.15) is 0 Å². The van der Waals surface area contributed by atoms with Crippen LogP contribution in [0.2, 0.25) is 0 Å². The Labute approximate surface area is 466 Å². The Kier molecular flexibility index (Phi) is 17.6. The van der Waals surface area contributed by atoms with Gasteiger partial charge in [-0.15, -0.1) is 44.2 Å². The fourth-order valence-electron chi connectivity index (χ4n) is 6.78. The van der Waals surface area contributed by atoms with E-state index in [1.165, 1.54) is 106 Å². The number of carbonyl (C=O) groups excluding carboxylic acids is 2. The summed E-state index contributed by atoms with van der Waals surface area (Å²) in [5.74, 6) is -2.06. The van der Waals surface area contributed by atoms with Crippen LogP contribution in [0.5, 0.6) is 5.75 Å². The van der Waals surface area contributed by atoms with Crippen LogP contribution in [-0.2, 0) is 29.6 Å². The van der Waals surface area contributed by atoms with Gasteiger partial charge in [-0.2, -0.15) is 10.2 Å². The maximum atomic E-state index is 12.8. The molecule has 0 radical (unpaired) electrons. The number of anilines is 4. The zero-order valence-corrected chi connectivity index (χ0v) is 46.9. The van der Waals surface area contributed by atoms with Gasteiger partial charge < -0.3 is 15.0 Å². The van der Waals surface area contributed by atoms with Crippen molar-refractivity contribution in [2.75, 3.05) is 47.9 Å². The van der Waals surface area contributed by atoms with E-state index in [9.17, 15) is 26.4 Å². The minimum absolute atomic E-state index is 0.0514. The summed E-state index contributed by atoms with van der Waals surface area (Å²) in [6, 6.07) is 29.5. The van der Waals surface area contributed by atoms with Crippen molar-refractivity contribution >= 4 is 178 Å². The van der Waals surface area contributed by atoms with Crippen molar-refractivity contribution in [3.8, 4) is 16.3 Å². The first-order chi connectivity index (χ1) is 36.2. The number of esters is 1. The minimum Gasteiger partial charge on any atom is -0.421 e. The number of hydrogen-bond donors (Lipinski definition) is 3. The van der Waals surface area contributed by atoms with E-state index in [-0.39, 0.29) is 65.0 Å². The van der Waals surface area contributed by atoms with E-state index in [0.717, 1.165) is 33.9 Å². The lowest BCUT2D eigenvalue weighted by molar-refractivity contribution is -0.132. The normalized spacial score (nSPS) is 11.9. The van der Waals surface area contributed by atoms with Crippen molar-refractivity contribution in [3.63, 3.8) is 0 Å². The number of aromatic nitrogens is 3. The predicted molar refractivity (Wildman–Crippen MR) is 304 cm³/mol. The van der Waals surface area contributed by atoms with Gasteiger partial charge in [-0.1, -0.05) is 58.5 Å². The van der Waals surface area contributed by atoms with Crippen molar-refractivity contribution in [1.82, 2.24) is 19.5 Å². The van der Waals surface area contributed by atoms with E-state index in [2.05, 4.69) is 119 Å². The quantitative estimate of drug-likeness (QED) is 0.0218. The molecule has 0 saturated heterocycles. The van der Waals surface area contributed by atoms with Gasteiger partial charge in [0.15, 0.2) is 20.8 Å². The van der Waals surface area contributed by atoms with Gasteiger partial charge in [-0.25, -0.2) is 41.2 Å². The molecule has 28 heteroatoms. The standard InChI is InChI=1S/C32H21Cl4N9O7S4.C16H18N3S/c33-27(34)29(46)39-22-3-1-2-21-25(22)23(42-40-17-4-8-19(9-5-17)55(48,49)44-31-37-12-14-53-31)16-24(26(21)52-30(47)28(35)36)43-41-18-6-10-20(11-7-18)56(50,51)45-32-38-13-15-54-32;1-18(2)11-5-7-13-15(9-11)20-16-10-12(19(3)4)6-8-14(16)17-13/h1-16,27-28H,(H,37,44)(H,38,45)(H,39,46);5-10H,1-4H3/q;+1. The van der Waals surface area contributed by atoms with Gasteiger partial charge in [0.05, 0.1) is 53.3 Å². The van der Waals surface area contributed by atoms with Gasteiger partial charge >= 0.3 is 5.97 Å². The van der Waals surface area contributed by atoms with Crippen molar-refractivity contribution in [3.05, 3.63) is 138 Å². The number of halogens is 4. The summed E-state index contributed by atoms with van der Waals surface area (Å²) in [5, 5.41) is 24.9. The first-order valence-corrected chi connectivity index (χ1v) is 29.1. The summed E-state index contributed by atoms with van der Waals surface area (Å²) in [4.78, 5) is 38.1. The molecule has 9 rings (SSSR count). The van der Waals surface area contributed by atoms with Gasteiger partial charge in [-0.05, 0) is 84.9 Å². The van der Waals surface area contributed by atoms with E-state index in [1.54, 1.807) is 22.1 Å². The summed E-state index contributed by atoms with van der Waals surface area (Å²) < 4.78 is 64.9. The number of amides is 1. The van der Waals surface area contributed by atoms with Gasteiger partial charge in [0.1, 0.15) is 19.8 Å². The highest BCUT2D eigenvalue weighted by atomic mass is 35.5. The molecule has 390 valence electrons. The zero-order chi connectivity index (χ0) is 54.3. The lowest BCUT2D eigenvalue weighted by Crippen LogP contribution is -2.21. The second kappa shape index (κ2) is 24.1. The highest BCUT2D eigenvalue weighted by Crippen LogP contribution is 2.46. The van der Waals surface area contributed by atoms with Gasteiger partial charge in [-0.3, -0.25) is 14.2 Å². The molecule has 1 aliphatic carbocycles. The van der Waals surface area contributed by atoms with E-state index in [0.29, 0.717) is 0 Å². The maximum absolute atomic E-state index is 12.8. The monoisotopic (exact) mass is 1200 g/mol. The molecular formula is C48H39Cl4N12O7S5+. The molecule has 0 bridgehead atoms. The Morgan fingerprint density at radius 1 is 0.697 bits per heavy atom. The number of rotatable bonds is 15. The Morgan fingerprint density at radius 2 is 1.29 bits per heavy atom. The first kappa shape index (κ1) is 55.5. The van der Waals surface area contributed by atoms with Crippen molar-refractivity contribution < 1.29 is 31.2 Å². The van der Waals surface area contributed by atoms with Crippen LogP contribution in [0.4, 0.5) is 44.4 Å². The topological polar surface area (TPSA) is 242 Å². The fourth-order valence-corrected chi connectivity index (χ4v) is 11.6. The molecule has 0 unspecified atom stereocenters. The molecule has 76 heavy (non-hydrogen) atoms. The van der Waals surface area contributed by atoms with Crippen LogP contribution in [0.15, 0.2) is 163 Å². The Balaban J connectivity index is 0.000000318. The third-order valence-electron chi connectivity index (χ3n) is 10.4. The molecule has 7 aromatic rings. The molecule has 1 aliphatic heterocycles. The highest BCUT2D eigenvalue weighted by molar-refractivity contribution is 7.93. The van der Waals surface area contributed by atoms with Crippen LogP contribution in [0.25, 0.3) is 31.6 Å². The van der Waals surface area contributed by atoms with E-state index in [1.807, 2.05) is 0 Å². The van der Waals surface area contributed by atoms with E-state index >= 15 is 0 Å². The lowest BCUT2D eigenvalue weighted by atomic mass is 10.0. The van der Waals surface area contributed by atoms with Crippen LogP contribution in [-0.4, -0.2) is 81.5 Å². The highest BCUT2D eigenvalue weighted by Gasteiger charge is 2.24. The summed E-state index contributed by atoms with van der Waals surface area (Å²) in [6.07, 6.45) is 2.92. The Morgan fingerprint density at radius 3 is 1.82 bits per heavy atom. The smallest absolute Gasteiger partial charge is 0.344 e. The third kappa shape index (κ3) is 13.6. The fraction of sp³-hybridized carbons (Fsp3) is 0.125. The van der Waals surface area contributed by atoms with Gasteiger partial charge in [0, 0.05) is 65.8 Å². The van der Waals surface area contributed by atoms with E-state index < -0.39 is 41.6 Å². The second-order valence-corrected chi connectivity index (χ2v) is 24.5. The average Bonchev–Trinajstić information content (AvgIpc) is 4.12. The Hall–Kier alpha value is -6.74.